The second-order valence-electron chi connectivity index (χ2n) is 8.15. The third kappa shape index (κ3) is 4.79. The second kappa shape index (κ2) is 10.8. The first kappa shape index (κ1) is 26.3. The highest BCUT2D eigenvalue weighted by Crippen LogP contribution is 2.40. The lowest BCUT2D eigenvalue weighted by Crippen LogP contribution is -2.71. The van der Waals surface area contributed by atoms with Crippen molar-refractivity contribution in [2.45, 2.75) is 18.0 Å². The molecule has 3 aromatic rings. The number of fused-ring (bicyclic) bond motifs is 2. The van der Waals surface area contributed by atoms with Crippen LogP contribution < -0.4 is 15.6 Å². The van der Waals surface area contributed by atoms with E-state index in [-0.39, 0.29) is 39.1 Å². The number of nitrogens with zero attached hydrogens (tertiary/aromatic N) is 5. The molecule has 2 aliphatic rings. The number of imidazole rings is 1. The van der Waals surface area contributed by atoms with Gasteiger partial charge >= 0.3 is 5.97 Å². The van der Waals surface area contributed by atoms with E-state index in [4.69, 9.17) is 33.8 Å². The van der Waals surface area contributed by atoms with E-state index in [1.54, 1.807) is 0 Å². The quantitative estimate of drug-likeness (QED) is 0.0833. The van der Waals surface area contributed by atoms with Crippen LogP contribution in [0.1, 0.15) is 5.69 Å². The number of carboxylic acids is 1. The van der Waals surface area contributed by atoms with Gasteiger partial charge in [-0.1, -0.05) is 34.2 Å². The molecule has 3 aromatic heterocycles. The maximum Gasteiger partial charge on any atom is 0.352 e. The van der Waals surface area contributed by atoms with Gasteiger partial charge in [0.15, 0.2) is 10.8 Å². The van der Waals surface area contributed by atoms with E-state index in [0.717, 1.165) is 17.0 Å². The molecule has 4 N–H and O–H groups in total. The zero-order valence-electron chi connectivity index (χ0n) is 19.4. The average molecular weight is 597 g/mol. The molecule has 2 aliphatic heterocycles. The second-order valence-corrected chi connectivity index (χ2v) is 11.3. The Labute approximate surface area is 233 Å². The van der Waals surface area contributed by atoms with E-state index < -0.39 is 29.2 Å². The maximum atomic E-state index is 13.1. The molecule has 5 rings (SSSR count). The minimum atomic E-state index is -1.21. The molecule has 2 amide bonds. The number of thioether (sulfide) groups is 1. The van der Waals surface area contributed by atoms with Gasteiger partial charge in [0.2, 0.25) is 0 Å². The Kier molecular flexibility index (Phi) is 7.47. The van der Waals surface area contributed by atoms with Gasteiger partial charge in [-0.05, 0) is 6.07 Å². The minimum Gasteiger partial charge on any atom is -0.477 e. The van der Waals surface area contributed by atoms with Gasteiger partial charge in [0, 0.05) is 17.4 Å². The molecule has 16 heteroatoms. The molecule has 198 valence electrons. The lowest BCUT2D eigenvalue weighted by Gasteiger charge is -2.49. The summed E-state index contributed by atoms with van der Waals surface area (Å²) in [6.07, 6.45) is 5.61. The van der Waals surface area contributed by atoms with E-state index >= 15 is 0 Å². The number of halogens is 2. The van der Waals surface area contributed by atoms with Crippen LogP contribution in [-0.4, -0.2) is 72.5 Å². The molecule has 0 saturated carbocycles. The molecule has 0 aliphatic carbocycles. The van der Waals surface area contributed by atoms with Crippen LogP contribution in [0.4, 0.5) is 5.13 Å². The van der Waals surface area contributed by atoms with Crippen molar-refractivity contribution in [3.05, 3.63) is 58.1 Å². The number of carbonyl (C=O) groups excluding carboxylic acids is 2. The van der Waals surface area contributed by atoms with Crippen LogP contribution in [0.25, 0.3) is 5.65 Å². The number of hydrogen-bond donors (Lipinski definition) is 3. The number of anilines is 1. The van der Waals surface area contributed by atoms with Crippen molar-refractivity contribution in [2.24, 2.45) is 5.16 Å². The number of nitrogen functional groups attached to an aromatic ring is 1. The topological polar surface area (TPSA) is 155 Å². The molecule has 1 fully saturated rings. The number of aliphatic carboxylic acids is 1. The summed E-state index contributed by atoms with van der Waals surface area (Å²) in [6.45, 7) is 0.316. The van der Waals surface area contributed by atoms with E-state index in [1.165, 1.54) is 16.7 Å². The summed E-state index contributed by atoms with van der Waals surface area (Å²) in [6, 6.07) is 4.71. The number of aromatic nitrogens is 3. The van der Waals surface area contributed by atoms with Crippen molar-refractivity contribution in [2.75, 3.05) is 24.0 Å². The number of amides is 2. The number of nitrogens with one attached hydrogen (secondary N) is 1. The number of thiazole rings is 1. The molecular weight excluding hydrogens is 577 g/mol. The summed E-state index contributed by atoms with van der Waals surface area (Å²) in [5, 5.41) is 15.9. The predicted molar refractivity (Wildman–Crippen MR) is 142 cm³/mol. The fourth-order valence-corrected chi connectivity index (χ4v) is 6.53. The van der Waals surface area contributed by atoms with Crippen molar-refractivity contribution in [3.63, 3.8) is 0 Å². The maximum absolute atomic E-state index is 13.1. The normalized spacial score (nSPS) is 19.4. The Hall–Kier alpha value is -3.33. The Morgan fingerprint density at radius 3 is 2.89 bits per heavy atom. The first-order valence-corrected chi connectivity index (χ1v) is 13.9. The Morgan fingerprint density at radius 1 is 1.37 bits per heavy atom. The monoisotopic (exact) mass is 596 g/mol. The number of β-lactam (4-membered cyclic amide) rings is 1. The first-order valence-electron chi connectivity index (χ1n) is 11.1. The van der Waals surface area contributed by atoms with E-state index in [0.29, 0.717) is 17.9 Å². The van der Waals surface area contributed by atoms with E-state index in [9.17, 15) is 19.5 Å². The Balaban J connectivity index is 1.37. The number of carbonyl (C=O) groups is 3. The number of pyridine rings is 1. The molecular formula is C22H20Cl2N7O5S2+. The van der Waals surface area contributed by atoms with Crippen LogP contribution in [0.2, 0.25) is 4.34 Å². The molecule has 5 heterocycles. The number of nitrogens with two attached hydrogens (primary N) is 1. The van der Waals surface area contributed by atoms with Crippen LogP contribution in [-0.2, 0) is 25.8 Å². The number of carboxylic acid groups (broad SMARTS) is 1. The Bertz CT molecular complexity index is 1500. The summed E-state index contributed by atoms with van der Waals surface area (Å²) in [5.74, 6) is -2.05. The molecule has 0 spiro atoms. The third-order valence-corrected chi connectivity index (χ3v) is 8.41. The standard InChI is InChI=1S/C22H19Cl2N7O5S2/c23-4-8-36-28-14(13-17(24)38-22(25)27-13)18(32)26-15-19(33)31-16(21(34)35)11(10-37-20(15)31)9-30-7-6-29-5-2-1-3-12(29)30/h1-3,5-7,15,20H,4,8-10H2,(H3-,25,26,27,32,34,35)/p+1/b28-14-/t15-,20+/m1/s1. The molecule has 12 nitrogen and oxygen atoms in total. The molecule has 0 bridgehead atoms. The highest BCUT2D eigenvalue weighted by molar-refractivity contribution is 8.00. The smallest absolute Gasteiger partial charge is 0.352 e. The molecule has 1 saturated heterocycles. The van der Waals surface area contributed by atoms with Crippen LogP contribution in [0, 0.1) is 0 Å². The largest absolute Gasteiger partial charge is 0.477 e. The zero-order chi connectivity index (χ0) is 27.0. The van der Waals surface area contributed by atoms with Gasteiger partial charge in [-0.25, -0.2) is 18.7 Å². The molecule has 0 unspecified atom stereocenters. The van der Waals surface area contributed by atoms with Crippen LogP contribution >= 0.6 is 46.3 Å². The zero-order valence-corrected chi connectivity index (χ0v) is 22.6. The third-order valence-electron chi connectivity index (χ3n) is 5.83. The van der Waals surface area contributed by atoms with Gasteiger partial charge in [0.25, 0.3) is 17.5 Å². The van der Waals surface area contributed by atoms with E-state index in [1.807, 2.05) is 45.8 Å². The fourth-order valence-electron chi connectivity index (χ4n) is 4.20. The van der Waals surface area contributed by atoms with Gasteiger partial charge < -0.3 is 21.0 Å². The summed E-state index contributed by atoms with van der Waals surface area (Å²) < 4.78 is 3.95. The van der Waals surface area contributed by atoms with E-state index in [2.05, 4.69) is 15.5 Å². The number of rotatable bonds is 9. The first-order chi connectivity index (χ1) is 18.3. The molecule has 0 aromatic carbocycles. The van der Waals surface area contributed by atoms with Crippen molar-refractivity contribution in [3.8, 4) is 0 Å². The molecule has 2 atom stereocenters. The van der Waals surface area contributed by atoms with Gasteiger partial charge in [-0.15, -0.1) is 23.4 Å². The lowest BCUT2D eigenvalue weighted by atomic mass is 10.0. The molecule has 0 radical (unpaired) electrons. The highest BCUT2D eigenvalue weighted by atomic mass is 35.5. The number of hydrogen-bond acceptors (Lipinski definition) is 9. The van der Waals surface area contributed by atoms with Crippen molar-refractivity contribution in [1.82, 2.24) is 19.6 Å². The van der Waals surface area contributed by atoms with Gasteiger partial charge in [-0.3, -0.25) is 14.5 Å². The summed E-state index contributed by atoms with van der Waals surface area (Å²) in [5.41, 5.74) is 6.81. The lowest BCUT2D eigenvalue weighted by molar-refractivity contribution is -0.662. The minimum absolute atomic E-state index is 0.00592. The number of oxime groups is 1. The van der Waals surface area contributed by atoms with Gasteiger partial charge in [0.05, 0.1) is 12.1 Å². The van der Waals surface area contributed by atoms with Crippen molar-refractivity contribution >= 4 is 80.6 Å². The average Bonchev–Trinajstić information content (AvgIpc) is 3.46. The number of alkyl halides is 1. The fraction of sp³-hybridized carbons (Fsp3) is 0.273. The molecule has 38 heavy (non-hydrogen) atoms. The van der Waals surface area contributed by atoms with Crippen LogP contribution in [0.5, 0.6) is 0 Å². The SMILES string of the molecule is Nc1nc(/C(=N/OCCCl)C(=O)N[C@@H]2C(=O)N3C(C(=O)O)=C(C[n+]4ccn5ccccc54)CS[C@@H]23)c(Cl)s1. The van der Waals surface area contributed by atoms with Crippen molar-refractivity contribution < 1.29 is 28.9 Å². The Morgan fingerprint density at radius 2 is 2.18 bits per heavy atom. The van der Waals surface area contributed by atoms with Crippen LogP contribution in [0.15, 0.2) is 53.2 Å². The van der Waals surface area contributed by atoms with Crippen molar-refractivity contribution in [1.29, 1.82) is 0 Å². The summed E-state index contributed by atoms with van der Waals surface area (Å²) in [4.78, 5) is 48.8. The summed E-state index contributed by atoms with van der Waals surface area (Å²) in [7, 11) is 0. The van der Waals surface area contributed by atoms with Gasteiger partial charge in [-0.2, -0.15) is 0 Å². The summed E-state index contributed by atoms with van der Waals surface area (Å²) >= 11 is 14.1. The predicted octanol–water partition coefficient (Wildman–Crippen LogP) is 1.32. The van der Waals surface area contributed by atoms with Crippen LogP contribution in [0.3, 0.4) is 0 Å². The van der Waals surface area contributed by atoms with Gasteiger partial charge in [0.1, 0.15) is 52.7 Å². The highest BCUT2D eigenvalue weighted by Gasteiger charge is 2.54.